The third kappa shape index (κ3) is 1.35. The molecule has 3 nitrogen and oxygen atoms in total. The highest BCUT2D eigenvalue weighted by molar-refractivity contribution is 6.32. The van der Waals surface area contributed by atoms with Crippen molar-refractivity contribution in [3.05, 3.63) is 22.7 Å². The molecule has 1 aromatic rings. The third-order valence-electron chi connectivity index (χ3n) is 1.83. The molecule has 0 bridgehead atoms. The van der Waals surface area contributed by atoms with Gasteiger partial charge in [0, 0.05) is 5.56 Å². The van der Waals surface area contributed by atoms with Crippen molar-refractivity contribution in [1.82, 2.24) is 0 Å². The molecule has 0 fully saturated rings. The molecule has 2 rings (SSSR count). The fourth-order valence-corrected chi connectivity index (χ4v) is 1.44. The van der Waals surface area contributed by atoms with Crippen LogP contribution < -0.4 is 9.47 Å². The first-order valence-electron chi connectivity index (χ1n) is 3.78. The monoisotopic (exact) mass is 198 g/mol. The molecule has 0 aromatic heterocycles. The average molecular weight is 199 g/mol. The highest BCUT2D eigenvalue weighted by Crippen LogP contribution is 2.39. The zero-order chi connectivity index (χ0) is 9.42. The van der Waals surface area contributed by atoms with Crippen LogP contribution in [-0.2, 0) is 0 Å². The fraction of sp³-hybridized carbons (Fsp3) is 0.222. The fourth-order valence-electron chi connectivity index (χ4n) is 1.17. The molecule has 13 heavy (non-hydrogen) atoms. The van der Waals surface area contributed by atoms with Gasteiger partial charge in [0.15, 0.2) is 17.3 Å². The maximum Gasteiger partial charge on any atom is 0.231 e. The SMILES string of the molecule is CC(=O)c1cc(Cl)c2c(c1)OCO2. The minimum Gasteiger partial charge on any atom is -0.454 e. The van der Waals surface area contributed by atoms with Crippen molar-refractivity contribution in [2.45, 2.75) is 6.92 Å². The number of rotatable bonds is 1. The van der Waals surface area contributed by atoms with Crippen molar-refractivity contribution in [3.63, 3.8) is 0 Å². The van der Waals surface area contributed by atoms with E-state index in [1.165, 1.54) is 6.92 Å². The van der Waals surface area contributed by atoms with Gasteiger partial charge in [0.25, 0.3) is 0 Å². The van der Waals surface area contributed by atoms with Gasteiger partial charge in [0.05, 0.1) is 5.02 Å². The smallest absolute Gasteiger partial charge is 0.231 e. The zero-order valence-electron chi connectivity index (χ0n) is 6.96. The Morgan fingerprint density at radius 3 is 2.92 bits per heavy atom. The van der Waals surface area contributed by atoms with E-state index in [2.05, 4.69) is 0 Å². The molecule has 1 heterocycles. The van der Waals surface area contributed by atoms with E-state index < -0.39 is 0 Å². The summed E-state index contributed by atoms with van der Waals surface area (Å²) in [6.07, 6.45) is 0. The summed E-state index contributed by atoms with van der Waals surface area (Å²) in [4.78, 5) is 11.0. The number of hydrogen-bond donors (Lipinski definition) is 0. The Hall–Kier alpha value is -1.22. The van der Waals surface area contributed by atoms with Crippen LogP contribution in [0.1, 0.15) is 17.3 Å². The van der Waals surface area contributed by atoms with Gasteiger partial charge < -0.3 is 9.47 Å². The summed E-state index contributed by atoms with van der Waals surface area (Å²) >= 11 is 5.86. The second kappa shape index (κ2) is 2.92. The van der Waals surface area contributed by atoms with E-state index in [9.17, 15) is 4.79 Å². The van der Waals surface area contributed by atoms with Gasteiger partial charge in [-0.1, -0.05) is 11.6 Å². The van der Waals surface area contributed by atoms with Crippen LogP contribution in [0.2, 0.25) is 5.02 Å². The predicted octanol–water partition coefficient (Wildman–Crippen LogP) is 2.27. The van der Waals surface area contributed by atoms with E-state index in [-0.39, 0.29) is 12.6 Å². The first-order valence-corrected chi connectivity index (χ1v) is 4.16. The van der Waals surface area contributed by atoms with Gasteiger partial charge in [0.2, 0.25) is 6.79 Å². The van der Waals surface area contributed by atoms with Crippen molar-refractivity contribution >= 4 is 17.4 Å². The third-order valence-corrected chi connectivity index (χ3v) is 2.11. The predicted molar refractivity (Wildman–Crippen MR) is 47.6 cm³/mol. The summed E-state index contributed by atoms with van der Waals surface area (Å²) < 4.78 is 10.2. The number of hydrogen-bond acceptors (Lipinski definition) is 3. The van der Waals surface area contributed by atoms with E-state index in [0.29, 0.717) is 22.1 Å². The number of Topliss-reactive ketones (excluding diaryl/α,β-unsaturated/α-hetero) is 1. The molecule has 0 saturated heterocycles. The van der Waals surface area contributed by atoms with Crippen LogP contribution in [0.25, 0.3) is 0 Å². The summed E-state index contributed by atoms with van der Waals surface area (Å²) in [6, 6.07) is 3.22. The lowest BCUT2D eigenvalue weighted by Crippen LogP contribution is -1.93. The number of fused-ring (bicyclic) bond motifs is 1. The van der Waals surface area contributed by atoms with Gasteiger partial charge in [-0.2, -0.15) is 0 Å². The van der Waals surface area contributed by atoms with Crippen molar-refractivity contribution in [2.24, 2.45) is 0 Å². The van der Waals surface area contributed by atoms with Crippen LogP contribution in [0, 0.1) is 0 Å². The molecule has 0 spiro atoms. The van der Waals surface area contributed by atoms with Crippen LogP contribution >= 0.6 is 11.6 Å². The molecule has 0 unspecified atom stereocenters. The minimum absolute atomic E-state index is 0.0415. The average Bonchev–Trinajstić information content (AvgIpc) is 2.51. The van der Waals surface area contributed by atoms with Gasteiger partial charge in [-0.15, -0.1) is 0 Å². The van der Waals surface area contributed by atoms with Crippen molar-refractivity contribution in [2.75, 3.05) is 6.79 Å². The van der Waals surface area contributed by atoms with Crippen LogP contribution in [0.15, 0.2) is 12.1 Å². The Morgan fingerprint density at radius 1 is 1.46 bits per heavy atom. The molecule has 1 aliphatic heterocycles. The highest BCUT2D eigenvalue weighted by atomic mass is 35.5. The summed E-state index contributed by atoms with van der Waals surface area (Å²) in [5.41, 5.74) is 0.536. The molecule has 0 atom stereocenters. The van der Waals surface area contributed by atoms with Crippen LogP contribution in [-0.4, -0.2) is 12.6 Å². The maximum absolute atomic E-state index is 11.0. The Kier molecular flexibility index (Phi) is 1.88. The molecule has 0 amide bonds. The lowest BCUT2D eigenvalue weighted by atomic mass is 10.1. The van der Waals surface area contributed by atoms with Gasteiger partial charge >= 0.3 is 0 Å². The van der Waals surface area contributed by atoms with Crippen molar-refractivity contribution in [3.8, 4) is 11.5 Å². The summed E-state index contributed by atoms with van der Waals surface area (Å²) in [7, 11) is 0. The molecular formula is C9H7ClO3. The highest BCUT2D eigenvalue weighted by Gasteiger charge is 2.19. The quantitative estimate of drug-likeness (QED) is 0.650. The molecule has 0 N–H and O–H groups in total. The molecule has 1 aliphatic rings. The largest absolute Gasteiger partial charge is 0.454 e. The summed E-state index contributed by atoms with van der Waals surface area (Å²) in [5, 5.41) is 0.417. The van der Waals surface area contributed by atoms with Crippen molar-refractivity contribution < 1.29 is 14.3 Å². The Bertz CT molecular complexity index is 373. The number of halogens is 1. The lowest BCUT2D eigenvalue weighted by molar-refractivity contribution is 0.101. The van der Waals surface area contributed by atoms with Crippen LogP contribution in [0.4, 0.5) is 0 Å². The topological polar surface area (TPSA) is 35.5 Å². The van der Waals surface area contributed by atoms with E-state index in [0.717, 1.165) is 0 Å². The second-order valence-corrected chi connectivity index (χ2v) is 3.16. The number of ketones is 1. The molecular weight excluding hydrogens is 192 g/mol. The van der Waals surface area contributed by atoms with E-state index in [4.69, 9.17) is 21.1 Å². The number of benzene rings is 1. The Balaban J connectivity index is 2.55. The van der Waals surface area contributed by atoms with E-state index in [1.54, 1.807) is 12.1 Å². The molecule has 0 saturated carbocycles. The first-order chi connectivity index (χ1) is 6.18. The van der Waals surface area contributed by atoms with Crippen LogP contribution in [0.5, 0.6) is 11.5 Å². The lowest BCUT2D eigenvalue weighted by Gasteiger charge is -2.01. The number of ether oxygens (including phenoxy) is 2. The normalized spacial score (nSPS) is 13.1. The van der Waals surface area contributed by atoms with Gasteiger partial charge in [-0.05, 0) is 19.1 Å². The molecule has 0 radical (unpaired) electrons. The van der Waals surface area contributed by atoms with Gasteiger partial charge in [0.1, 0.15) is 0 Å². The Morgan fingerprint density at radius 2 is 2.23 bits per heavy atom. The number of carbonyl (C=O) groups is 1. The second-order valence-electron chi connectivity index (χ2n) is 2.75. The molecule has 1 aromatic carbocycles. The summed E-state index contributed by atoms with van der Waals surface area (Å²) in [5.74, 6) is 1.02. The number of carbonyl (C=O) groups excluding carboxylic acids is 1. The standard InChI is InChI=1S/C9H7ClO3/c1-5(11)6-2-7(10)9-8(3-6)12-4-13-9/h2-3H,4H2,1H3. The Labute approximate surface area is 80.2 Å². The molecule has 4 heteroatoms. The van der Waals surface area contributed by atoms with Gasteiger partial charge in [-0.3, -0.25) is 4.79 Å². The van der Waals surface area contributed by atoms with Crippen LogP contribution in [0.3, 0.4) is 0 Å². The zero-order valence-corrected chi connectivity index (χ0v) is 7.72. The first kappa shape index (κ1) is 8.38. The van der Waals surface area contributed by atoms with Crippen molar-refractivity contribution in [1.29, 1.82) is 0 Å². The molecule has 0 aliphatic carbocycles. The maximum atomic E-state index is 11.0. The van der Waals surface area contributed by atoms with E-state index >= 15 is 0 Å². The summed E-state index contributed by atoms with van der Waals surface area (Å²) in [6.45, 7) is 1.64. The minimum atomic E-state index is -0.0415. The van der Waals surface area contributed by atoms with E-state index in [1.807, 2.05) is 0 Å². The molecule has 68 valence electrons. The van der Waals surface area contributed by atoms with Gasteiger partial charge in [-0.25, -0.2) is 0 Å².